The van der Waals surface area contributed by atoms with Gasteiger partial charge in [-0.25, -0.2) is 0 Å². The van der Waals surface area contributed by atoms with E-state index in [1.807, 2.05) is 12.1 Å². The van der Waals surface area contributed by atoms with Gasteiger partial charge in [-0.05, 0) is 36.1 Å². The van der Waals surface area contributed by atoms with Crippen LogP contribution in [0.2, 0.25) is 0 Å². The third kappa shape index (κ3) is 3.07. The zero-order valence-electron chi connectivity index (χ0n) is 14.9. The Morgan fingerprint density at radius 3 is 2.25 bits per heavy atom. The van der Waals surface area contributed by atoms with E-state index in [0.717, 1.165) is 5.39 Å². The number of amides is 3. The number of aromatic nitrogens is 1. The van der Waals surface area contributed by atoms with Gasteiger partial charge >= 0.3 is 0 Å². The van der Waals surface area contributed by atoms with E-state index in [1.165, 1.54) is 17.2 Å². The molecule has 3 aromatic rings. The van der Waals surface area contributed by atoms with E-state index in [1.54, 1.807) is 30.3 Å². The maximum Gasteiger partial charge on any atom is 0.271 e. The van der Waals surface area contributed by atoms with Crippen LogP contribution in [0.1, 0.15) is 33.6 Å². The highest BCUT2D eigenvalue weighted by molar-refractivity contribution is 6.25. The van der Waals surface area contributed by atoms with Crippen LogP contribution >= 0.6 is 0 Å². The molecule has 0 atom stereocenters. The van der Waals surface area contributed by atoms with Gasteiger partial charge in [0.1, 0.15) is 5.69 Å². The van der Waals surface area contributed by atoms with Crippen molar-refractivity contribution in [3.05, 3.63) is 76.2 Å². The maximum absolute atomic E-state index is 12.8. The summed E-state index contributed by atoms with van der Waals surface area (Å²) in [5.41, 5.74) is 0.765. The predicted octanol–water partition coefficient (Wildman–Crippen LogP) is 2.54. The summed E-state index contributed by atoms with van der Waals surface area (Å²) >= 11 is 0. The number of hydrogen-bond acceptors (Lipinski definition) is 4. The van der Waals surface area contributed by atoms with Crippen LogP contribution in [0.15, 0.2) is 59.5 Å². The number of carbonyl (C=O) groups excluding carboxylic acids is 3. The Hall–Kier alpha value is -3.74. The molecular formula is C21H17N3O4. The highest BCUT2D eigenvalue weighted by Crippen LogP contribution is 2.30. The number of nitrogens with zero attached hydrogens (tertiary/aromatic N) is 1. The van der Waals surface area contributed by atoms with Crippen LogP contribution < -0.4 is 10.9 Å². The summed E-state index contributed by atoms with van der Waals surface area (Å²) in [6.45, 7) is 0.126. The smallest absolute Gasteiger partial charge is 0.271 e. The van der Waals surface area contributed by atoms with Crippen molar-refractivity contribution in [1.29, 1.82) is 0 Å². The molecule has 0 saturated carbocycles. The molecule has 0 bridgehead atoms. The molecule has 0 saturated heterocycles. The molecule has 3 amide bonds. The first kappa shape index (κ1) is 17.7. The number of nitrogens with one attached hydrogen (secondary N) is 2. The van der Waals surface area contributed by atoms with Crippen molar-refractivity contribution in [1.82, 2.24) is 9.88 Å². The SMILES string of the molecule is O=C(CCCN1C(=O)c2cccc3cccc(c23)C1=O)Nc1ccc[nH]c1=O. The Morgan fingerprint density at radius 2 is 1.61 bits per heavy atom. The Balaban J connectivity index is 1.45. The first-order valence-electron chi connectivity index (χ1n) is 8.92. The fraction of sp³-hybridized carbons (Fsp3) is 0.143. The molecule has 4 rings (SSSR count). The van der Waals surface area contributed by atoms with Gasteiger partial charge in [-0.3, -0.25) is 24.1 Å². The van der Waals surface area contributed by atoms with Gasteiger partial charge in [0.2, 0.25) is 5.91 Å². The second-order valence-electron chi connectivity index (χ2n) is 6.54. The number of imide groups is 1. The minimum Gasteiger partial charge on any atom is -0.327 e. The summed E-state index contributed by atoms with van der Waals surface area (Å²) < 4.78 is 0. The first-order valence-corrected chi connectivity index (χ1v) is 8.92. The Kier molecular flexibility index (Phi) is 4.49. The summed E-state index contributed by atoms with van der Waals surface area (Å²) in [5.74, 6) is -1.06. The standard InChI is InChI=1S/C21H17N3O4/c25-17(23-16-9-3-11-22-19(16)26)10-4-12-24-20(27)14-7-1-5-13-6-2-8-15(18(13)14)21(24)28/h1-3,5-9,11H,4,10,12H2,(H,22,26)(H,23,25). The highest BCUT2D eigenvalue weighted by Gasteiger charge is 2.32. The van der Waals surface area contributed by atoms with Crippen LogP contribution in [-0.2, 0) is 4.79 Å². The van der Waals surface area contributed by atoms with E-state index in [9.17, 15) is 19.2 Å². The van der Waals surface area contributed by atoms with Crippen LogP contribution in [0.3, 0.4) is 0 Å². The largest absolute Gasteiger partial charge is 0.327 e. The predicted molar refractivity (Wildman–Crippen MR) is 104 cm³/mol. The van der Waals surface area contributed by atoms with Crippen LogP contribution in [0, 0.1) is 0 Å². The fourth-order valence-corrected chi connectivity index (χ4v) is 3.41. The van der Waals surface area contributed by atoms with Gasteiger partial charge in [0.25, 0.3) is 17.4 Å². The van der Waals surface area contributed by atoms with E-state index in [4.69, 9.17) is 0 Å². The second-order valence-corrected chi connectivity index (χ2v) is 6.54. The van der Waals surface area contributed by atoms with E-state index in [2.05, 4.69) is 10.3 Å². The molecule has 140 valence electrons. The molecule has 0 fully saturated rings. The molecule has 2 heterocycles. The third-order valence-electron chi connectivity index (χ3n) is 4.73. The van der Waals surface area contributed by atoms with E-state index in [0.29, 0.717) is 22.9 Å². The summed E-state index contributed by atoms with van der Waals surface area (Å²) in [5, 5.41) is 4.06. The van der Waals surface area contributed by atoms with Gasteiger partial charge < -0.3 is 10.3 Å². The third-order valence-corrected chi connectivity index (χ3v) is 4.73. The van der Waals surface area contributed by atoms with Crippen LogP contribution in [0.4, 0.5) is 5.69 Å². The second kappa shape index (κ2) is 7.11. The van der Waals surface area contributed by atoms with E-state index < -0.39 is 0 Å². The number of hydrogen-bond donors (Lipinski definition) is 2. The number of rotatable bonds is 5. The summed E-state index contributed by atoms with van der Waals surface area (Å²) in [6.07, 6.45) is 1.85. The molecule has 1 aliphatic rings. The van der Waals surface area contributed by atoms with Crippen molar-refractivity contribution in [2.75, 3.05) is 11.9 Å². The van der Waals surface area contributed by atoms with Gasteiger partial charge in [-0.1, -0.05) is 24.3 Å². The molecule has 1 aromatic heterocycles. The fourth-order valence-electron chi connectivity index (χ4n) is 3.41. The molecular weight excluding hydrogens is 358 g/mol. The molecule has 7 nitrogen and oxygen atoms in total. The normalized spacial score (nSPS) is 13.1. The van der Waals surface area contributed by atoms with E-state index >= 15 is 0 Å². The summed E-state index contributed by atoms with van der Waals surface area (Å²) in [4.78, 5) is 52.9. The Bertz CT molecular complexity index is 1110. The Labute approximate surface area is 160 Å². The van der Waals surface area contributed by atoms with Gasteiger partial charge in [-0.2, -0.15) is 0 Å². The summed E-state index contributed by atoms with van der Waals surface area (Å²) in [6, 6.07) is 13.9. The average molecular weight is 375 g/mol. The van der Waals surface area contributed by atoms with Crippen molar-refractivity contribution < 1.29 is 14.4 Å². The topological polar surface area (TPSA) is 99.3 Å². The number of anilines is 1. The lowest BCUT2D eigenvalue weighted by Crippen LogP contribution is -2.41. The molecule has 7 heteroatoms. The van der Waals surface area contributed by atoms with Crippen molar-refractivity contribution in [2.45, 2.75) is 12.8 Å². The average Bonchev–Trinajstić information content (AvgIpc) is 2.70. The lowest BCUT2D eigenvalue weighted by atomic mass is 9.94. The van der Waals surface area contributed by atoms with Crippen LogP contribution in [0.5, 0.6) is 0 Å². The van der Waals surface area contributed by atoms with Crippen molar-refractivity contribution in [3.63, 3.8) is 0 Å². The van der Waals surface area contributed by atoms with Gasteiger partial charge in [0.15, 0.2) is 0 Å². The molecule has 0 unspecified atom stereocenters. The molecule has 28 heavy (non-hydrogen) atoms. The minimum absolute atomic E-state index is 0.0806. The Morgan fingerprint density at radius 1 is 0.929 bits per heavy atom. The first-order chi connectivity index (χ1) is 13.6. The molecule has 2 N–H and O–H groups in total. The van der Waals surface area contributed by atoms with Crippen LogP contribution in [-0.4, -0.2) is 34.2 Å². The van der Waals surface area contributed by atoms with E-state index in [-0.39, 0.29) is 41.9 Å². The lowest BCUT2D eigenvalue weighted by Gasteiger charge is -2.27. The molecule has 0 aliphatic carbocycles. The quantitative estimate of drug-likeness (QED) is 0.670. The minimum atomic E-state index is -0.387. The van der Waals surface area contributed by atoms with Crippen molar-refractivity contribution in [2.24, 2.45) is 0 Å². The number of carbonyl (C=O) groups is 3. The molecule has 1 aliphatic heterocycles. The monoisotopic (exact) mass is 375 g/mol. The number of benzene rings is 2. The molecule has 2 aromatic carbocycles. The summed E-state index contributed by atoms with van der Waals surface area (Å²) in [7, 11) is 0. The van der Waals surface area contributed by atoms with Gasteiger partial charge in [-0.15, -0.1) is 0 Å². The molecule has 0 radical (unpaired) electrons. The maximum atomic E-state index is 12.8. The highest BCUT2D eigenvalue weighted by atomic mass is 16.2. The van der Waals surface area contributed by atoms with Gasteiger partial charge in [0.05, 0.1) is 0 Å². The van der Waals surface area contributed by atoms with Crippen molar-refractivity contribution in [3.8, 4) is 0 Å². The number of pyridine rings is 1. The number of H-pyrrole nitrogens is 1. The zero-order valence-corrected chi connectivity index (χ0v) is 14.9. The van der Waals surface area contributed by atoms with Crippen molar-refractivity contribution >= 4 is 34.2 Å². The van der Waals surface area contributed by atoms with Gasteiger partial charge in [0, 0.05) is 35.7 Å². The zero-order chi connectivity index (χ0) is 19.7. The lowest BCUT2D eigenvalue weighted by molar-refractivity contribution is -0.116. The number of aromatic amines is 1. The molecule has 0 spiro atoms. The van der Waals surface area contributed by atoms with Crippen LogP contribution in [0.25, 0.3) is 10.8 Å².